The zero-order valence-electron chi connectivity index (χ0n) is 17.0. The van der Waals surface area contributed by atoms with Gasteiger partial charge in [0, 0.05) is 41.6 Å². The van der Waals surface area contributed by atoms with Crippen molar-refractivity contribution in [3.8, 4) is 0 Å². The van der Waals surface area contributed by atoms with Crippen molar-refractivity contribution in [2.24, 2.45) is 0 Å². The molecule has 2 aliphatic rings. The summed E-state index contributed by atoms with van der Waals surface area (Å²) in [6.07, 6.45) is 6.16. The molecule has 1 aliphatic heterocycles. The first kappa shape index (κ1) is 20.5. The van der Waals surface area contributed by atoms with Gasteiger partial charge < -0.3 is 4.90 Å². The molecule has 156 valence electrons. The van der Waals surface area contributed by atoms with Gasteiger partial charge >= 0.3 is 5.51 Å². The van der Waals surface area contributed by atoms with Crippen LogP contribution in [0.3, 0.4) is 0 Å². The van der Waals surface area contributed by atoms with E-state index in [-0.39, 0.29) is 27.6 Å². The number of anilines is 1. The first-order valence-corrected chi connectivity index (χ1v) is 10.7. The van der Waals surface area contributed by atoms with Gasteiger partial charge in [0.15, 0.2) is 0 Å². The van der Waals surface area contributed by atoms with Gasteiger partial charge in [0.05, 0.1) is 6.67 Å². The lowest BCUT2D eigenvalue weighted by atomic mass is 9.85. The second-order valence-electron chi connectivity index (χ2n) is 9.09. The number of pyridine rings is 1. The van der Waals surface area contributed by atoms with E-state index >= 15 is 0 Å². The molecule has 2 fully saturated rings. The molecule has 0 amide bonds. The smallest absolute Gasteiger partial charge is 0.357 e. The molecular weight excluding hydrogens is 395 g/mol. The van der Waals surface area contributed by atoms with E-state index in [4.69, 9.17) is 0 Å². The molecule has 0 atom stereocenters. The van der Waals surface area contributed by atoms with Crippen LogP contribution in [-0.2, 0) is 12.0 Å². The molecule has 29 heavy (non-hydrogen) atoms. The Bertz CT molecular complexity index is 870. The normalized spacial score (nSPS) is 19.2. The fourth-order valence-electron chi connectivity index (χ4n) is 4.17. The maximum absolute atomic E-state index is 12.6. The summed E-state index contributed by atoms with van der Waals surface area (Å²) in [4.78, 5) is 9.36. The highest BCUT2D eigenvalue weighted by Gasteiger charge is 2.53. The summed E-state index contributed by atoms with van der Waals surface area (Å²) in [6.45, 7) is 9.20. The van der Waals surface area contributed by atoms with Crippen LogP contribution in [0.5, 0.6) is 0 Å². The molecule has 2 heterocycles. The van der Waals surface area contributed by atoms with Gasteiger partial charge in [-0.05, 0) is 71.5 Å². The molecule has 1 spiro atoms. The van der Waals surface area contributed by atoms with E-state index in [1.54, 1.807) is 24.3 Å². The van der Waals surface area contributed by atoms with Crippen molar-refractivity contribution in [1.82, 2.24) is 9.88 Å². The summed E-state index contributed by atoms with van der Waals surface area (Å²) in [6, 6.07) is 8.86. The van der Waals surface area contributed by atoms with Crippen LogP contribution < -0.4 is 4.90 Å². The number of benzene rings is 1. The lowest BCUT2D eigenvalue weighted by Gasteiger charge is -2.27. The first-order valence-electron chi connectivity index (χ1n) is 9.85. The maximum Gasteiger partial charge on any atom is 0.446 e. The minimum atomic E-state index is -4.25. The second kappa shape index (κ2) is 7.20. The molecule has 1 saturated carbocycles. The number of thioether (sulfide) groups is 1. The van der Waals surface area contributed by atoms with Crippen LogP contribution in [0.15, 0.2) is 47.6 Å². The fraction of sp³-hybridized carbons (Fsp3) is 0.500. The Kier molecular flexibility index (Phi) is 5.10. The number of hydrogen-bond acceptors (Lipinski definition) is 4. The average Bonchev–Trinajstić information content (AvgIpc) is 3.31. The zero-order valence-corrected chi connectivity index (χ0v) is 17.8. The molecule has 0 radical (unpaired) electrons. The molecule has 1 aromatic carbocycles. The van der Waals surface area contributed by atoms with Crippen molar-refractivity contribution >= 4 is 17.4 Å². The van der Waals surface area contributed by atoms with Crippen molar-refractivity contribution < 1.29 is 13.2 Å². The van der Waals surface area contributed by atoms with Crippen molar-refractivity contribution in [3.05, 3.63) is 53.9 Å². The van der Waals surface area contributed by atoms with Crippen LogP contribution in [-0.4, -0.2) is 34.1 Å². The highest BCUT2D eigenvalue weighted by molar-refractivity contribution is 8.00. The zero-order chi connectivity index (χ0) is 20.9. The monoisotopic (exact) mass is 421 g/mol. The van der Waals surface area contributed by atoms with E-state index in [0.717, 1.165) is 25.4 Å². The summed E-state index contributed by atoms with van der Waals surface area (Å²) in [5.74, 6) is 0. The predicted molar refractivity (Wildman–Crippen MR) is 111 cm³/mol. The number of halogens is 3. The van der Waals surface area contributed by atoms with Gasteiger partial charge in [-0.2, -0.15) is 13.2 Å². The molecule has 0 unspecified atom stereocenters. The van der Waals surface area contributed by atoms with Crippen LogP contribution in [0.2, 0.25) is 0 Å². The SMILES string of the molecule is CC(C)(C)c1cnccc1CN1CN(c2ccc(SC(F)(F)F)cc2)CC12CC2. The van der Waals surface area contributed by atoms with Crippen molar-refractivity contribution in [2.75, 3.05) is 18.1 Å². The topological polar surface area (TPSA) is 19.4 Å². The first-order chi connectivity index (χ1) is 13.6. The molecule has 1 aliphatic carbocycles. The summed E-state index contributed by atoms with van der Waals surface area (Å²) in [5.41, 5.74) is -0.473. The standard InChI is InChI=1S/C22H26F3N3S/c1-20(2,3)19-12-26-11-8-16(19)13-28-15-27(14-21(28)9-10-21)17-4-6-18(7-5-17)29-22(23,24)25/h4-8,11-12H,9-10,13-15H2,1-3H3. The second-order valence-corrected chi connectivity index (χ2v) is 10.2. The van der Waals surface area contributed by atoms with Crippen LogP contribution in [0.25, 0.3) is 0 Å². The Balaban J connectivity index is 1.50. The third-order valence-electron chi connectivity index (χ3n) is 5.84. The predicted octanol–water partition coefficient (Wildman–Crippen LogP) is 5.80. The molecule has 7 heteroatoms. The Labute approximate surface area is 174 Å². The third kappa shape index (κ3) is 4.56. The molecule has 1 aromatic heterocycles. The number of hydrogen-bond donors (Lipinski definition) is 0. The Morgan fingerprint density at radius 2 is 1.76 bits per heavy atom. The summed E-state index contributed by atoms with van der Waals surface area (Å²) < 4.78 is 37.7. The minimum absolute atomic E-state index is 0.0334. The number of nitrogens with zero attached hydrogens (tertiary/aromatic N) is 3. The van der Waals surface area contributed by atoms with Gasteiger partial charge in [-0.3, -0.25) is 9.88 Å². The molecule has 1 saturated heterocycles. The van der Waals surface area contributed by atoms with Gasteiger partial charge in [-0.15, -0.1) is 0 Å². The lowest BCUT2D eigenvalue weighted by Crippen LogP contribution is -2.33. The van der Waals surface area contributed by atoms with Gasteiger partial charge in [-0.25, -0.2) is 0 Å². The fourth-order valence-corrected chi connectivity index (χ4v) is 4.71. The van der Waals surface area contributed by atoms with E-state index in [2.05, 4.69) is 41.6 Å². The van der Waals surface area contributed by atoms with Gasteiger partial charge in [-0.1, -0.05) is 20.8 Å². The van der Waals surface area contributed by atoms with E-state index in [1.165, 1.54) is 24.0 Å². The van der Waals surface area contributed by atoms with Gasteiger partial charge in [0.25, 0.3) is 0 Å². The molecule has 4 rings (SSSR count). The number of rotatable bonds is 4. The maximum atomic E-state index is 12.6. The Morgan fingerprint density at radius 3 is 2.34 bits per heavy atom. The third-order valence-corrected chi connectivity index (χ3v) is 6.58. The molecular formula is C22H26F3N3S. The number of alkyl halides is 3. The summed E-state index contributed by atoms with van der Waals surface area (Å²) >= 11 is -0.0646. The summed E-state index contributed by atoms with van der Waals surface area (Å²) in [5, 5.41) is 0. The molecule has 0 N–H and O–H groups in total. The molecule has 0 bridgehead atoms. The lowest BCUT2D eigenvalue weighted by molar-refractivity contribution is -0.0328. The van der Waals surface area contributed by atoms with E-state index < -0.39 is 5.51 Å². The Hall–Kier alpha value is -1.73. The highest BCUT2D eigenvalue weighted by Crippen LogP contribution is 2.48. The van der Waals surface area contributed by atoms with E-state index in [0.29, 0.717) is 0 Å². The summed E-state index contributed by atoms with van der Waals surface area (Å²) in [7, 11) is 0. The van der Waals surface area contributed by atoms with Crippen molar-refractivity contribution in [2.45, 2.75) is 61.5 Å². The molecule has 3 nitrogen and oxygen atoms in total. The van der Waals surface area contributed by atoms with Crippen LogP contribution in [0.1, 0.15) is 44.7 Å². The van der Waals surface area contributed by atoms with E-state index in [9.17, 15) is 13.2 Å². The quantitative estimate of drug-likeness (QED) is 0.581. The van der Waals surface area contributed by atoms with Crippen molar-refractivity contribution in [3.63, 3.8) is 0 Å². The average molecular weight is 422 g/mol. The van der Waals surface area contributed by atoms with Gasteiger partial charge in [0.2, 0.25) is 0 Å². The van der Waals surface area contributed by atoms with Crippen LogP contribution in [0, 0.1) is 0 Å². The van der Waals surface area contributed by atoms with Gasteiger partial charge in [0.1, 0.15) is 0 Å². The largest absolute Gasteiger partial charge is 0.446 e. The van der Waals surface area contributed by atoms with E-state index in [1.807, 2.05) is 12.4 Å². The van der Waals surface area contributed by atoms with Crippen LogP contribution >= 0.6 is 11.8 Å². The number of aromatic nitrogens is 1. The minimum Gasteiger partial charge on any atom is -0.357 e. The van der Waals surface area contributed by atoms with Crippen LogP contribution in [0.4, 0.5) is 18.9 Å². The Morgan fingerprint density at radius 1 is 1.07 bits per heavy atom. The van der Waals surface area contributed by atoms with Crippen molar-refractivity contribution in [1.29, 1.82) is 0 Å². The molecule has 2 aromatic rings. The highest BCUT2D eigenvalue weighted by atomic mass is 32.2.